The fraction of sp³-hybridized carbons (Fsp3) is 0.200. The number of amides is 1. The second-order valence-electron chi connectivity index (χ2n) is 5.90. The molecule has 5 nitrogen and oxygen atoms in total. The molecule has 1 heterocycles. The molecule has 0 bridgehead atoms. The van der Waals surface area contributed by atoms with Crippen molar-refractivity contribution in [3.8, 4) is 11.5 Å². The van der Waals surface area contributed by atoms with Gasteiger partial charge in [0.2, 0.25) is 0 Å². The summed E-state index contributed by atoms with van der Waals surface area (Å²) in [6.45, 7) is 3.74. The molecule has 3 aromatic rings. The van der Waals surface area contributed by atoms with Crippen molar-refractivity contribution >= 4 is 34.1 Å². The summed E-state index contributed by atoms with van der Waals surface area (Å²) in [6, 6.07) is 10.6. The van der Waals surface area contributed by atoms with E-state index < -0.39 is 0 Å². The number of carbonyl (C=O) groups is 1. The SMILES string of the molecule is COc1ccc(OC)c(NC(=O)c2cc(C)nc3c(C)c(Cl)ccc23)c1. The number of anilines is 1. The number of ether oxygens (including phenoxy) is 2. The average Bonchev–Trinajstić information content (AvgIpc) is 2.64. The molecule has 0 saturated carbocycles. The number of nitrogens with zero attached hydrogens (tertiary/aromatic N) is 1. The van der Waals surface area contributed by atoms with E-state index in [1.807, 2.05) is 19.9 Å². The van der Waals surface area contributed by atoms with Crippen molar-refractivity contribution in [3.63, 3.8) is 0 Å². The first kappa shape index (κ1) is 18.0. The van der Waals surface area contributed by atoms with E-state index in [1.165, 1.54) is 0 Å². The van der Waals surface area contributed by atoms with Crippen LogP contribution < -0.4 is 14.8 Å². The van der Waals surface area contributed by atoms with Crippen LogP contribution in [-0.4, -0.2) is 25.1 Å². The van der Waals surface area contributed by atoms with E-state index >= 15 is 0 Å². The quantitative estimate of drug-likeness (QED) is 0.718. The second kappa shape index (κ2) is 7.22. The minimum absolute atomic E-state index is 0.256. The van der Waals surface area contributed by atoms with E-state index in [0.717, 1.165) is 22.2 Å². The van der Waals surface area contributed by atoms with Gasteiger partial charge in [-0.2, -0.15) is 0 Å². The van der Waals surface area contributed by atoms with Gasteiger partial charge < -0.3 is 14.8 Å². The van der Waals surface area contributed by atoms with Crippen molar-refractivity contribution in [2.75, 3.05) is 19.5 Å². The molecule has 3 rings (SSSR count). The number of aromatic nitrogens is 1. The Morgan fingerprint density at radius 3 is 2.54 bits per heavy atom. The van der Waals surface area contributed by atoms with E-state index in [2.05, 4.69) is 10.3 Å². The Morgan fingerprint density at radius 2 is 1.85 bits per heavy atom. The molecule has 0 aliphatic carbocycles. The normalized spacial score (nSPS) is 10.7. The smallest absolute Gasteiger partial charge is 0.256 e. The van der Waals surface area contributed by atoms with Crippen LogP contribution in [-0.2, 0) is 0 Å². The Labute approximate surface area is 156 Å². The number of halogens is 1. The van der Waals surface area contributed by atoms with Crippen LogP contribution in [0.4, 0.5) is 5.69 Å². The van der Waals surface area contributed by atoms with Crippen LogP contribution in [0.2, 0.25) is 5.02 Å². The predicted octanol–water partition coefficient (Wildman–Crippen LogP) is 4.77. The van der Waals surface area contributed by atoms with Gasteiger partial charge in [-0.1, -0.05) is 17.7 Å². The summed E-state index contributed by atoms with van der Waals surface area (Å²) >= 11 is 6.20. The first-order valence-electron chi connectivity index (χ1n) is 8.04. The van der Waals surface area contributed by atoms with E-state index in [1.54, 1.807) is 44.6 Å². The summed E-state index contributed by atoms with van der Waals surface area (Å²) in [5.41, 5.74) is 3.37. The third-order valence-corrected chi connectivity index (χ3v) is 4.61. The van der Waals surface area contributed by atoms with Gasteiger partial charge in [0.25, 0.3) is 5.91 Å². The van der Waals surface area contributed by atoms with Crippen LogP contribution in [0.15, 0.2) is 36.4 Å². The summed E-state index contributed by atoms with van der Waals surface area (Å²) in [5, 5.41) is 4.27. The highest BCUT2D eigenvalue weighted by atomic mass is 35.5. The van der Waals surface area contributed by atoms with E-state index in [-0.39, 0.29) is 5.91 Å². The zero-order valence-corrected chi connectivity index (χ0v) is 15.8. The molecule has 0 atom stereocenters. The number of hydrogen-bond donors (Lipinski definition) is 1. The van der Waals surface area contributed by atoms with Gasteiger partial charge in [-0.25, -0.2) is 0 Å². The fourth-order valence-corrected chi connectivity index (χ4v) is 2.97. The summed E-state index contributed by atoms with van der Waals surface area (Å²) in [7, 11) is 3.12. The van der Waals surface area contributed by atoms with Crippen molar-refractivity contribution < 1.29 is 14.3 Å². The van der Waals surface area contributed by atoms with Crippen LogP contribution in [0, 0.1) is 13.8 Å². The van der Waals surface area contributed by atoms with E-state index in [0.29, 0.717) is 27.8 Å². The molecule has 6 heteroatoms. The summed E-state index contributed by atoms with van der Waals surface area (Å²) in [4.78, 5) is 17.5. The minimum Gasteiger partial charge on any atom is -0.497 e. The lowest BCUT2D eigenvalue weighted by Gasteiger charge is -2.14. The lowest BCUT2D eigenvalue weighted by atomic mass is 10.0. The number of benzene rings is 2. The summed E-state index contributed by atoms with van der Waals surface area (Å²) in [6.07, 6.45) is 0. The van der Waals surface area contributed by atoms with Gasteiger partial charge >= 0.3 is 0 Å². The van der Waals surface area contributed by atoms with E-state index in [9.17, 15) is 4.79 Å². The average molecular weight is 371 g/mol. The van der Waals surface area contributed by atoms with Crippen LogP contribution >= 0.6 is 11.6 Å². The first-order valence-corrected chi connectivity index (χ1v) is 8.42. The van der Waals surface area contributed by atoms with Crippen LogP contribution in [0.25, 0.3) is 10.9 Å². The van der Waals surface area contributed by atoms with Crippen LogP contribution in [0.5, 0.6) is 11.5 Å². The third-order valence-electron chi connectivity index (χ3n) is 4.20. The minimum atomic E-state index is -0.256. The van der Waals surface area contributed by atoms with Crippen LogP contribution in [0.3, 0.4) is 0 Å². The molecule has 2 aromatic carbocycles. The summed E-state index contributed by atoms with van der Waals surface area (Å²) < 4.78 is 10.6. The molecule has 0 spiro atoms. The molecule has 0 aliphatic rings. The lowest BCUT2D eigenvalue weighted by molar-refractivity contribution is 0.102. The standard InChI is InChI=1S/C20H19ClN2O3/c1-11-9-15(14-6-7-16(21)12(2)19(14)22-11)20(24)23-17-10-13(25-3)5-8-18(17)26-4/h5-10H,1-4H3,(H,23,24). The molecular weight excluding hydrogens is 352 g/mol. The summed E-state index contributed by atoms with van der Waals surface area (Å²) in [5.74, 6) is 0.918. The van der Waals surface area contributed by atoms with Gasteiger partial charge in [0.05, 0.1) is 31.0 Å². The van der Waals surface area contributed by atoms with Gasteiger partial charge in [0.15, 0.2) is 0 Å². The second-order valence-corrected chi connectivity index (χ2v) is 6.31. The van der Waals surface area contributed by atoms with Crippen molar-refractivity contribution in [3.05, 3.63) is 58.2 Å². The zero-order valence-electron chi connectivity index (χ0n) is 15.0. The van der Waals surface area contributed by atoms with Gasteiger partial charge in [0, 0.05) is 22.2 Å². The molecule has 0 aliphatic heterocycles. The number of methoxy groups -OCH3 is 2. The highest BCUT2D eigenvalue weighted by Gasteiger charge is 2.16. The van der Waals surface area contributed by atoms with Gasteiger partial charge in [-0.3, -0.25) is 9.78 Å². The van der Waals surface area contributed by atoms with Gasteiger partial charge in [-0.15, -0.1) is 0 Å². The molecule has 0 radical (unpaired) electrons. The Balaban J connectivity index is 2.08. The molecule has 1 N–H and O–H groups in total. The highest BCUT2D eigenvalue weighted by Crippen LogP contribution is 2.31. The number of aryl methyl sites for hydroxylation is 2. The van der Waals surface area contributed by atoms with E-state index in [4.69, 9.17) is 21.1 Å². The predicted molar refractivity (Wildman–Crippen MR) is 104 cm³/mol. The number of pyridine rings is 1. The van der Waals surface area contributed by atoms with Crippen LogP contribution in [0.1, 0.15) is 21.6 Å². The lowest BCUT2D eigenvalue weighted by Crippen LogP contribution is -2.14. The van der Waals surface area contributed by atoms with Crippen molar-refractivity contribution in [1.29, 1.82) is 0 Å². The number of fused-ring (bicyclic) bond motifs is 1. The highest BCUT2D eigenvalue weighted by molar-refractivity contribution is 6.32. The Hall–Kier alpha value is -2.79. The maximum absolute atomic E-state index is 13.0. The van der Waals surface area contributed by atoms with Gasteiger partial charge in [0.1, 0.15) is 11.5 Å². The molecule has 134 valence electrons. The molecule has 1 aromatic heterocycles. The first-order chi connectivity index (χ1) is 12.4. The number of carbonyl (C=O) groups excluding carboxylic acids is 1. The number of nitrogens with one attached hydrogen (secondary N) is 1. The molecule has 1 amide bonds. The molecule has 0 fully saturated rings. The maximum atomic E-state index is 13.0. The Bertz CT molecular complexity index is 1000. The molecule has 0 unspecified atom stereocenters. The largest absolute Gasteiger partial charge is 0.497 e. The van der Waals surface area contributed by atoms with Gasteiger partial charge in [-0.05, 0) is 43.7 Å². The van der Waals surface area contributed by atoms with Crippen molar-refractivity contribution in [2.45, 2.75) is 13.8 Å². The number of rotatable bonds is 4. The molecule has 26 heavy (non-hydrogen) atoms. The monoisotopic (exact) mass is 370 g/mol. The maximum Gasteiger partial charge on any atom is 0.256 e. The fourth-order valence-electron chi connectivity index (χ4n) is 2.82. The Morgan fingerprint density at radius 1 is 1.08 bits per heavy atom. The molecular formula is C20H19ClN2O3. The number of hydrogen-bond acceptors (Lipinski definition) is 4. The topological polar surface area (TPSA) is 60.5 Å². The van der Waals surface area contributed by atoms with Crippen molar-refractivity contribution in [1.82, 2.24) is 4.98 Å². The molecule has 0 saturated heterocycles. The third kappa shape index (κ3) is 3.30. The zero-order chi connectivity index (χ0) is 18.8. The van der Waals surface area contributed by atoms with Crippen molar-refractivity contribution in [2.24, 2.45) is 0 Å². The Kier molecular flexibility index (Phi) is 5.00.